The molecule has 2 aromatic carbocycles. The summed E-state index contributed by atoms with van der Waals surface area (Å²) in [6, 6.07) is 16.6. The molecular formula is C13H11N3O. The maximum absolute atomic E-state index is 10.3. The van der Waals surface area contributed by atoms with Gasteiger partial charge < -0.3 is 0 Å². The van der Waals surface area contributed by atoms with Gasteiger partial charge in [-0.3, -0.25) is 5.43 Å². The molecule has 4 heteroatoms. The number of para-hydroxylation sites is 1. The molecule has 4 nitrogen and oxygen atoms in total. The highest BCUT2D eigenvalue weighted by atomic mass is 16.3. The molecule has 1 N–H and O–H groups in total. The Labute approximate surface area is 99.0 Å². The van der Waals surface area contributed by atoms with Gasteiger partial charge in [0.05, 0.1) is 11.9 Å². The van der Waals surface area contributed by atoms with Gasteiger partial charge in [0.1, 0.15) is 5.69 Å². The molecule has 0 amide bonds. The first-order valence-electron chi connectivity index (χ1n) is 5.16. The molecule has 0 atom stereocenters. The Kier molecular flexibility index (Phi) is 3.60. The zero-order valence-electron chi connectivity index (χ0n) is 9.08. The number of nitroso groups, excluding NO2 is 1. The third-order valence-electron chi connectivity index (χ3n) is 2.16. The van der Waals surface area contributed by atoms with Crippen LogP contribution in [0.25, 0.3) is 0 Å². The summed E-state index contributed by atoms with van der Waals surface area (Å²) < 4.78 is 0. The fourth-order valence-electron chi connectivity index (χ4n) is 1.36. The van der Waals surface area contributed by atoms with Crippen LogP contribution in [0.1, 0.15) is 5.56 Å². The molecular weight excluding hydrogens is 214 g/mol. The van der Waals surface area contributed by atoms with Crippen molar-refractivity contribution in [2.24, 2.45) is 10.3 Å². The zero-order valence-corrected chi connectivity index (χ0v) is 9.08. The van der Waals surface area contributed by atoms with Gasteiger partial charge in [-0.1, -0.05) is 30.3 Å². The Balaban J connectivity index is 2.03. The van der Waals surface area contributed by atoms with Crippen LogP contribution < -0.4 is 5.43 Å². The van der Waals surface area contributed by atoms with E-state index in [0.29, 0.717) is 5.69 Å². The van der Waals surface area contributed by atoms with Gasteiger partial charge in [0.2, 0.25) is 0 Å². The molecule has 0 spiro atoms. The van der Waals surface area contributed by atoms with Crippen LogP contribution in [0.2, 0.25) is 0 Å². The van der Waals surface area contributed by atoms with Crippen molar-refractivity contribution in [3.63, 3.8) is 0 Å². The number of rotatable bonds is 4. The Morgan fingerprint density at radius 2 is 1.82 bits per heavy atom. The highest BCUT2D eigenvalue weighted by molar-refractivity contribution is 5.81. The van der Waals surface area contributed by atoms with Gasteiger partial charge in [0, 0.05) is 0 Å². The van der Waals surface area contributed by atoms with Crippen LogP contribution in [-0.4, -0.2) is 6.21 Å². The van der Waals surface area contributed by atoms with E-state index in [2.05, 4.69) is 15.7 Å². The first-order chi connectivity index (χ1) is 8.38. The van der Waals surface area contributed by atoms with Crippen molar-refractivity contribution in [1.82, 2.24) is 0 Å². The Morgan fingerprint density at radius 3 is 2.59 bits per heavy atom. The van der Waals surface area contributed by atoms with Crippen molar-refractivity contribution in [2.45, 2.75) is 0 Å². The summed E-state index contributed by atoms with van der Waals surface area (Å²) in [5.41, 5.74) is 5.02. The predicted molar refractivity (Wildman–Crippen MR) is 69.6 cm³/mol. The lowest BCUT2D eigenvalue weighted by Gasteiger charge is -1.98. The van der Waals surface area contributed by atoms with Gasteiger partial charge >= 0.3 is 0 Å². The molecule has 0 unspecified atom stereocenters. The normalized spacial score (nSPS) is 10.4. The Bertz CT molecular complexity index is 523. The second-order valence-corrected chi connectivity index (χ2v) is 3.42. The average Bonchev–Trinajstić information content (AvgIpc) is 2.40. The zero-order chi connectivity index (χ0) is 11.9. The quantitative estimate of drug-likeness (QED) is 0.491. The minimum absolute atomic E-state index is 0.397. The van der Waals surface area contributed by atoms with Gasteiger partial charge in [-0.2, -0.15) is 5.10 Å². The van der Waals surface area contributed by atoms with Crippen LogP contribution in [0, 0.1) is 4.91 Å². The van der Waals surface area contributed by atoms with E-state index in [9.17, 15) is 4.91 Å². The second-order valence-electron chi connectivity index (χ2n) is 3.42. The molecule has 0 heterocycles. The molecule has 84 valence electrons. The van der Waals surface area contributed by atoms with Crippen molar-refractivity contribution in [3.05, 3.63) is 65.1 Å². The standard InChI is InChI=1S/C13H11N3O/c17-16-13-8-4-5-11(9-13)10-14-15-12-6-2-1-3-7-12/h1-10,15H/b14-10+. The third-order valence-corrected chi connectivity index (χ3v) is 2.16. The fourth-order valence-corrected chi connectivity index (χ4v) is 1.36. The largest absolute Gasteiger partial charge is 0.279 e. The fraction of sp³-hybridized carbons (Fsp3) is 0. The van der Waals surface area contributed by atoms with Gasteiger partial charge in [0.15, 0.2) is 0 Å². The Morgan fingerprint density at radius 1 is 1.00 bits per heavy atom. The molecule has 0 aliphatic carbocycles. The number of nitrogens with zero attached hydrogens (tertiary/aromatic N) is 2. The number of anilines is 1. The van der Waals surface area contributed by atoms with Crippen LogP contribution in [0.3, 0.4) is 0 Å². The highest BCUT2D eigenvalue weighted by Gasteiger charge is 1.92. The summed E-state index contributed by atoms with van der Waals surface area (Å²) in [5.74, 6) is 0. The minimum Gasteiger partial charge on any atom is -0.279 e. The molecule has 0 saturated heterocycles. The van der Waals surface area contributed by atoms with E-state index in [1.54, 1.807) is 24.4 Å². The molecule has 0 radical (unpaired) electrons. The van der Waals surface area contributed by atoms with E-state index in [-0.39, 0.29) is 0 Å². The van der Waals surface area contributed by atoms with E-state index >= 15 is 0 Å². The van der Waals surface area contributed by atoms with Crippen LogP contribution in [0.15, 0.2) is 64.9 Å². The number of nitrogens with one attached hydrogen (secondary N) is 1. The lowest BCUT2D eigenvalue weighted by atomic mass is 10.2. The number of hydrazone groups is 1. The summed E-state index contributed by atoms with van der Waals surface area (Å²) in [6.45, 7) is 0. The highest BCUT2D eigenvalue weighted by Crippen LogP contribution is 2.12. The van der Waals surface area contributed by atoms with Crippen molar-refractivity contribution in [3.8, 4) is 0 Å². The maximum Gasteiger partial charge on any atom is 0.108 e. The average molecular weight is 225 g/mol. The molecule has 0 bridgehead atoms. The molecule has 0 aromatic heterocycles. The SMILES string of the molecule is O=Nc1cccc(/C=N/Nc2ccccc2)c1. The molecule has 0 aliphatic heterocycles. The summed E-state index contributed by atoms with van der Waals surface area (Å²) >= 11 is 0. The topological polar surface area (TPSA) is 53.8 Å². The summed E-state index contributed by atoms with van der Waals surface area (Å²) in [6.07, 6.45) is 1.64. The molecule has 17 heavy (non-hydrogen) atoms. The predicted octanol–water partition coefficient (Wildman–Crippen LogP) is 3.53. The summed E-state index contributed by atoms with van der Waals surface area (Å²) in [5, 5.41) is 6.93. The number of hydrogen-bond donors (Lipinski definition) is 1. The Hall–Kier alpha value is -2.49. The molecule has 2 aromatic rings. The molecule has 0 saturated carbocycles. The van der Waals surface area contributed by atoms with Gasteiger partial charge in [-0.05, 0) is 35.0 Å². The molecule has 2 rings (SSSR count). The maximum atomic E-state index is 10.3. The summed E-state index contributed by atoms with van der Waals surface area (Å²) in [7, 11) is 0. The molecule has 0 aliphatic rings. The minimum atomic E-state index is 0.397. The van der Waals surface area contributed by atoms with Crippen molar-refractivity contribution in [1.29, 1.82) is 0 Å². The van der Waals surface area contributed by atoms with Crippen molar-refractivity contribution >= 4 is 17.6 Å². The van der Waals surface area contributed by atoms with E-state index in [1.165, 1.54) is 0 Å². The van der Waals surface area contributed by atoms with Crippen LogP contribution in [0.4, 0.5) is 11.4 Å². The third kappa shape index (κ3) is 3.24. The van der Waals surface area contributed by atoms with E-state index in [1.807, 2.05) is 36.4 Å². The lowest BCUT2D eigenvalue weighted by molar-refractivity contribution is 1.35. The van der Waals surface area contributed by atoms with Gasteiger partial charge in [-0.15, -0.1) is 4.91 Å². The van der Waals surface area contributed by atoms with Crippen molar-refractivity contribution < 1.29 is 0 Å². The first kappa shape index (κ1) is 11.0. The van der Waals surface area contributed by atoms with Crippen LogP contribution in [-0.2, 0) is 0 Å². The second kappa shape index (κ2) is 5.55. The van der Waals surface area contributed by atoms with Crippen LogP contribution in [0.5, 0.6) is 0 Å². The molecule has 0 fully saturated rings. The van der Waals surface area contributed by atoms with E-state index in [4.69, 9.17) is 0 Å². The van der Waals surface area contributed by atoms with Gasteiger partial charge in [-0.25, -0.2) is 0 Å². The van der Waals surface area contributed by atoms with E-state index in [0.717, 1.165) is 11.3 Å². The smallest absolute Gasteiger partial charge is 0.108 e. The van der Waals surface area contributed by atoms with Crippen molar-refractivity contribution in [2.75, 3.05) is 5.43 Å². The van der Waals surface area contributed by atoms with Crippen LogP contribution >= 0.6 is 0 Å². The van der Waals surface area contributed by atoms with E-state index < -0.39 is 0 Å². The number of hydrogen-bond acceptors (Lipinski definition) is 4. The monoisotopic (exact) mass is 225 g/mol. The number of benzene rings is 2. The van der Waals surface area contributed by atoms with Gasteiger partial charge in [0.25, 0.3) is 0 Å². The lowest BCUT2D eigenvalue weighted by Crippen LogP contribution is -1.89. The summed E-state index contributed by atoms with van der Waals surface area (Å²) in [4.78, 5) is 10.3. The first-order valence-corrected chi connectivity index (χ1v) is 5.16.